The van der Waals surface area contributed by atoms with E-state index in [1.807, 2.05) is 6.07 Å². The van der Waals surface area contributed by atoms with Crippen molar-refractivity contribution in [2.45, 2.75) is 65.0 Å². The number of ether oxygens (including phenoxy) is 1. The normalized spacial score (nSPS) is 23.8. The van der Waals surface area contributed by atoms with Gasteiger partial charge in [-0.05, 0) is 69.2 Å². The van der Waals surface area contributed by atoms with Crippen LogP contribution < -0.4 is 10.1 Å². The molecule has 1 atom stereocenters. The van der Waals surface area contributed by atoms with E-state index in [4.69, 9.17) is 16.3 Å². The predicted octanol–water partition coefficient (Wildman–Crippen LogP) is 5.36. The van der Waals surface area contributed by atoms with Gasteiger partial charge in [0.25, 0.3) is 0 Å². The summed E-state index contributed by atoms with van der Waals surface area (Å²) in [4.78, 5) is 0. The SMILES string of the molecule is CCCNC(C)c1ccc(OC2CCC(C)CC2)cc1Cl. The Bertz CT molecular complexity index is 441. The van der Waals surface area contributed by atoms with E-state index in [1.165, 1.54) is 12.8 Å². The van der Waals surface area contributed by atoms with E-state index in [1.54, 1.807) is 0 Å². The minimum Gasteiger partial charge on any atom is -0.490 e. The summed E-state index contributed by atoms with van der Waals surface area (Å²) in [6, 6.07) is 6.40. The number of hydrogen-bond acceptors (Lipinski definition) is 2. The van der Waals surface area contributed by atoms with Crippen molar-refractivity contribution in [2.75, 3.05) is 6.54 Å². The van der Waals surface area contributed by atoms with Crippen LogP contribution in [0.25, 0.3) is 0 Å². The molecule has 0 radical (unpaired) electrons. The Balaban J connectivity index is 1.95. The fourth-order valence-corrected chi connectivity index (χ4v) is 3.28. The molecule has 1 aromatic rings. The van der Waals surface area contributed by atoms with Crippen LogP contribution in [0, 0.1) is 5.92 Å². The first-order valence-corrected chi connectivity index (χ1v) is 8.67. The summed E-state index contributed by atoms with van der Waals surface area (Å²) < 4.78 is 6.10. The lowest BCUT2D eigenvalue weighted by Gasteiger charge is -2.27. The maximum atomic E-state index is 6.42. The van der Waals surface area contributed by atoms with Crippen LogP contribution in [0.5, 0.6) is 5.75 Å². The summed E-state index contributed by atoms with van der Waals surface area (Å²) >= 11 is 6.42. The first kappa shape index (κ1) is 16.6. The highest BCUT2D eigenvalue weighted by molar-refractivity contribution is 6.31. The topological polar surface area (TPSA) is 21.3 Å². The van der Waals surface area contributed by atoms with Gasteiger partial charge in [-0.15, -0.1) is 0 Å². The lowest BCUT2D eigenvalue weighted by atomic mass is 9.89. The quantitative estimate of drug-likeness (QED) is 0.764. The third-order valence-electron chi connectivity index (χ3n) is 4.40. The van der Waals surface area contributed by atoms with Crippen molar-refractivity contribution in [1.82, 2.24) is 5.32 Å². The lowest BCUT2D eigenvalue weighted by Crippen LogP contribution is -2.23. The van der Waals surface area contributed by atoms with E-state index in [0.717, 1.165) is 48.1 Å². The van der Waals surface area contributed by atoms with Gasteiger partial charge in [-0.1, -0.05) is 31.5 Å². The Morgan fingerprint density at radius 2 is 2.00 bits per heavy atom. The van der Waals surface area contributed by atoms with Crippen LogP contribution in [-0.2, 0) is 0 Å². The molecule has 0 aliphatic heterocycles. The molecule has 0 bridgehead atoms. The molecule has 21 heavy (non-hydrogen) atoms. The Hall–Kier alpha value is -0.730. The summed E-state index contributed by atoms with van der Waals surface area (Å²) in [5, 5.41) is 4.27. The van der Waals surface area contributed by atoms with Crippen molar-refractivity contribution in [3.63, 3.8) is 0 Å². The number of benzene rings is 1. The van der Waals surface area contributed by atoms with E-state index in [0.29, 0.717) is 6.10 Å². The van der Waals surface area contributed by atoms with Gasteiger partial charge < -0.3 is 10.1 Å². The zero-order chi connectivity index (χ0) is 15.2. The molecular formula is C18H28ClNO. The summed E-state index contributed by atoms with van der Waals surface area (Å²) in [6.45, 7) is 7.66. The average Bonchev–Trinajstić information content (AvgIpc) is 2.47. The van der Waals surface area contributed by atoms with Crippen molar-refractivity contribution in [2.24, 2.45) is 5.92 Å². The molecule has 3 heteroatoms. The fraction of sp³-hybridized carbons (Fsp3) is 0.667. The molecule has 0 amide bonds. The van der Waals surface area contributed by atoms with Gasteiger partial charge in [-0.25, -0.2) is 0 Å². The van der Waals surface area contributed by atoms with Crippen LogP contribution in [0.2, 0.25) is 5.02 Å². The van der Waals surface area contributed by atoms with Crippen molar-refractivity contribution < 1.29 is 4.74 Å². The molecule has 2 rings (SSSR count). The van der Waals surface area contributed by atoms with Crippen LogP contribution in [-0.4, -0.2) is 12.6 Å². The highest BCUT2D eigenvalue weighted by Crippen LogP contribution is 2.31. The van der Waals surface area contributed by atoms with Gasteiger partial charge in [-0.3, -0.25) is 0 Å². The minimum absolute atomic E-state index is 0.280. The second-order valence-corrected chi connectivity index (χ2v) is 6.77. The molecule has 0 spiro atoms. The maximum Gasteiger partial charge on any atom is 0.121 e. The van der Waals surface area contributed by atoms with Gasteiger partial charge in [-0.2, -0.15) is 0 Å². The predicted molar refractivity (Wildman–Crippen MR) is 90.2 cm³/mol. The number of hydrogen-bond donors (Lipinski definition) is 1. The number of nitrogens with one attached hydrogen (secondary N) is 1. The molecule has 1 aromatic carbocycles. The Labute approximate surface area is 134 Å². The van der Waals surface area contributed by atoms with Crippen molar-refractivity contribution in [3.05, 3.63) is 28.8 Å². The second-order valence-electron chi connectivity index (χ2n) is 6.36. The van der Waals surface area contributed by atoms with Gasteiger partial charge in [0.2, 0.25) is 0 Å². The van der Waals surface area contributed by atoms with Gasteiger partial charge in [0.15, 0.2) is 0 Å². The molecular weight excluding hydrogens is 282 g/mol. The first-order valence-electron chi connectivity index (χ1n) is 8.29. The Kier molecular flexibility index (Phi) is 6.38. The van der Waals surface area contributed by atoms with Crippen LogP contribution in [0.4, 0.5) is 0 Å². The Morgan fingerprint density at radius 1 is 1.29 bits per heavy atom. The fourth-order valence-electron chi connectivity index (χ4n) is 2.94. The van der Waals surface area contributed by atoms with Crippen molar-refractivity contribution in [1.29, 1.82) is 0 Å². The Morgan fingerprint density at radius 3 is 2.62 bits per heavy atom. The first-order chi connectivity index (χ1) is 10.1. The van der Waals surface area contributed by atoms with E-state index >= 15 is 0 Å². The van der Waals surface area contributed by atoms with Crippen molar-refractivity contribution in [3.8, 4) is 5.75 Å². The smallest absolute Gasteiger partial charge is 0.121 e. The zero-order valence-corrected chi connectivity index (χ0v) is 14.2. The molecule has 1 fully saturated rings. The van der Waals surface area contributed by atoms with E-state index in [2.05, 4.69) is 38.2 Å². The molecule has 1 N–H and O–H groups in total. The van der Waals surface area contributed by atoms with Gasteiger partial charge in [0, 0.05) is 11.1 Å². The molecule has 1 aliphatic carbocycles. The third kappa shape index (κ3) is 4.89. The van der Waals surface area contributed by atoms with Crippen molar-refractivity contribution >= 4 is 11.6 Å². The minimum atomic E-state index is 0.280. The van der Waals surface area contributed by atoms with E-state index in [-0.39, 0.29) is 6.04 Å². The molecule has 1 aliphatic rings. The van der Waals surface area contributed by atoms with Gasteiger partial charge in [0.1, 0.15) is 5.75 Å². The molecule has 0 aromatic heterocycles. The lowest BCUT2D eigenvalue weighted by molar-refractivity contribution is 0.135. The van der Waals surface area contributed by atoms with Crippen LogP contribution in [0.1, 0.15) is 64.5 Å². The highest BCUT2D eigenvalue weighted by Gasteiger charge is 2.20. The monoisotopic (exact) mass is 309 g/mol. The standard InChI is InChI=1S/C18H28ClNO/c1-4-11-20-14(3)17-10-9-16(12-18(17)19)21-15-7-5-13(2)6-8-15/h9-10,12-15,20H,4-8,11H2,1-3H3. The molecule has 0 heterocycles. The van der Waals surface area contributed by atoms with Crippen LogP contribution >= 0.6 is 11.6 Å². The van der Waals surface area contributed by atoms with Crippen LogP contribution in [0.3, 0.4) is 0 Å². The summed E-state index contributed by atoms with van der Waals surface area (Å²) in [5.41, 5.74) is 1.15. The zero-order valence-electron chi connectivity index (χ0n) is 13.5. The van der Waals surface area contributed by atoms with Gasteiger partial charge in [0.05, 0.1) is 6.10 Å². The number of halogens is 1. The number of rotatable bonds is 6. The largest absolute Gasteiger partial charge is 0.490 e. The molecule has 2 nitrogen and oxygen atoms in total. The van der Waals surface area contributed by atoms with Gasteiger partial charge >= 0.3 is 0 Å². The van der Waals surface area contributed by atoms with E-state index < -0.39 is 0 Å². The second kappa shape index (κ2) is 8.05. The molecule has 1 saturated carbocycles. The van der Waals surface area contributed by atoms with E-state index in [9.17, 15) is 0 Å². The molecule has 118 valence electrons. The third-order valence-corrected chi connectivity index (χ3v) is 4.73. The van der Waals surface area contributed by atoms with Crippen LogP contribution in [0.15, 0.2) is 18.2 Å². The molecule has 1 unspecified atom stereocenters. The maximum absolute atomic E-state index is 6.42. The highest BCUT2D eigenvalue weighted by atomic mass is 35.5. The summed E-state index contributed by atoms with van der Waals surface area (Å²) in [6.07, 6.45) is 6.36. The molecule has 0 saturated heterocycles. The summed E-state index contributed by atoms with van der Waals surface area (Å²) in [7, 11) is 0. The average molecular weight is 310 g/mol. The summed E-state index contributed by atoms with van der Waals surface area (Å²) in [5.74, 6) is 1.76.